The zero-order valence-corrected chi connectivity index (χ0v) is 17.0. The van der Waals surface area contributed by atoms with E-state index in [9.17, 15) is 8.42 Å². The van der Waals surface area contributed by atoms with E-state index in [1.807, 2.05) is 36.5 Å². The van der Waals surface area contributed by atoms with E-state index in [2.05, 4.69) is 28.5 Å². The van der Waals surface area contributed by atoms with Gasteiger partial charge in [-0.3, -0.25) is 4.98 Å². The molecule has 1 aliphatic heterocycles. The summed E-state index contributed by atoms with van der Waals surface area (Å²) in [5, 5.41) is 14.8. The highest BCUT2D eigenvalue weighted by atomic mass is 32.2. The molecule has 1 N–H and O–H groups in total. The Morgan fingerprint density at radius 2 is 1.83 bits per heavy atom. The zero-order chi connectivity index (χ0) is 20.4. The van der Waals surface area contributed by atoms with Crippen molar-refractivity contribution in [2.75, 3.05) is 24.7 Å². The lowest BCUT2D eigenvalue weighted by Crippen LogP contribution is -2.41. The van der Waals surface area contributed by atoms with Crippen molar-refractivity contribution in [2.45, 2.75) is 18.9 Å². The molecular formula is C22H22N4O2S. The topological polar surface area (TPSA) is 86.1 Å². The highest BCUT2D eigenvalue weighted by Gasteiger charge is 2.25. The van der Waals surface area contributed by atoms with Crippen LogP contribution in [-0.4, -0.2) is 43.1 Å². The molecule has 0 aliphatic carbocycles. The molecule has 0 radical (unpaired) electrons. The Balaban J connectivity index is 1.64. The summed E-state index contributed by atoms with van der Waals surface area (Å²) < 4.78 is 25.0. The Morgan fingerprint density at radius 3 is 2.48 bits per heavy atom. The molecule has 29 heavy (non-hydrogen) atoms. The van der Waals surface area contributed by atoms with Gasteiger partial charge in [-0.05, 0) is 59.7 Å². The average Bonchev–Trinajstić information content (AvgIpc) is 2.73. The van der Waals surface area contributed by atoms with Crippen LogP contribution >= 0.6 is 0 Å². The maximum Gasteiger partial charge on any atom is 0.211 e. The predicted molar refractivity (Wildman–Crippen MR) is 115 cm³/mol. The summed E-state index contributed by atoms with van der Waals surface area (Å²) in [6.45, 7) is 1.06. The van der Waals surface area contributed by atoms with Gasteiger partial charge in [0.2, 0.25) is 10.0 Å². The van der Waals surface area contributed by atoms with Gasteiger partial charge >= 0.3 is 0 Å². The van der Waals surface area contributed by atoms with Crippen molar-refractivity contribution in [3.63, 3.8) is 0 Å². The normalized spacial score (nSPS) is 15.9. The fraction of sp³-hybridized carbons (Fsp3) is 0.273. The number of sulfonamides is 1. The standard InChI is InChI=1S/C22H22N4O2S/c1-29(27,28)26-10-7-20(8-11-26)25-22-13-19(12-18-6-9-24-15-21(18)22)17-4-2-16(14-23)3-5-17/h2-6,9,12-13,15,20,25H,7-8,10-11H2,1H3. The van der Waals surface area contributed by atoms with Crippen LogP contribution in [-0.2, 0) is 10.0 Å². The van der Waals surface area contributed by atoms with Gasteiger partial charge in [-0.15, -0.1) is 0 Å². The van der Waals surface area contributed by atoms with E-state index in [1.54, 1.807) is 6.20 Å². The van der Waals surface area contributed by atoms with Crippen molar-refractivity contribution in [1.82, 2.24) is 9.29 Å². The van der Waals surface area contributed by atoms with Crippen molar-refractivity contribution in [3.8, 4) is 17.2 Å². The van der Waals surface area contributed by atoms with E-state index in [0.717, 1.165) is 40.4 Å². The molecule has 2 aromatic carbocycles. The Morgan fingerprint density at radius 1 is 1.10 bits per heavy atom. The number of fused-ring (bicyclic) bond motifs is 1. The molecule has 1 saturated heterocycles. The molecule has 0 spiro atoms. The molecule has 148 valence electrons. The lowest BCUT2D eigenvalue weighted by Gasteiger charge is -2.31. The second kappa shape index (κ2) is 7.82. The van der Waals surface area contributed by atoms with Crippen molar-refractivity contribution < 1.29 is 8.42 Å². The van der Waals surface area contributed by atoms with Crippen LogP contribution < -0.4 is 5.32 Å². The number of piperidine rings is 1. The monoisotopic (exact) mass is 406 g/mol. The molecule has 0 amide bonds. The summed E-state index contributed by atoms with van der Waals surface area (Å²) in [6.07, 6.45) is 6.41. The van der Waals surface area contributed by atoms with Crippen LogP contribution in [0.3, 0.4) is 0 Å². The number of rotatable bonds is 4. The van der Waals surface area contributed by atoms with E-state index in [0.29, 0.717) is 18.7 Å². The number of benzene rings is 2. The van der Waals surface area contributed by atoms with E-state index >= 15 is 0 Å². The molecular weight excluding hydrogens is 384 g/mol. The number of nitrogens with zero attached hydrogens (tertiary/aromatic N) is 3. The van der Waals surface area contributed by atoms with E-state index in [1.165, 1.54) is 10.6 Å². The number of anilines is 1. The van der Waals surface area contributed by atoms with Crippen LogP contribution in [0.25, 0.3) is 21.9 Å². The van der Waals surface area contributed by atoms with Gasteiger partial charge in [0.1, 0.15) is 0 Å². The van der Waals surface area contributed by atoms with Gasteiger partial charge in [0.15, 0.2) is 0 Å². The number of hydrogen-bond acceptors (Lipinski definition) is 5. The van der Waals surface area contributed by atoms with Crippen molar-refractivity contribution in [2.24, 2.45) is 0 Å². The Hall–Kier alpha value is -2.95. The minimum absolute atomic E-state index is 0.202. The highest BCUT2D eigenvalue weighted by Crippen LogP contribution is 2.32. The largest absolute Gasteiger partial charge is 0.382 e. The zero-order valence-electron chi connectivity index (χ0n) is 16.2. The maximum absolute atomic E-state index is 11.8. The molecule has 3 aromatic rings. The molecule has 4 rings (SSSR count). The quantitative estimate of drug-likeness (QED) is 0.715. The van der Waals surface area contributed by atoms with Gasteiger partial charge < -0.3 is 5.32 Å². The Kier molecular flexibility index (Phi) is 5.22. The number of nitriles is 1. The van der Waals surface area contributed by atoms with Crippen LogP contribution in [0.15, 0.2) is 54.9 Å². The van der Waals surface area contributed by atoms with Gasteiger partial charge in [-0.2, -0.15) is 5.26 Å². The summed E-state index contributed by atoms with van der Waals surface area (Å²) in [4.78, 5) is 4.27. The lowest BCUT2D eigenvalue weighted by molar-refractivity contribution is 0.332. The molecule has 2 heterocycles. The molecule has 1 aromatic heterocycles. The fourth-order valence-electron chi connectivity index (χ4n) is 3.77. The summed E-state index contributed by atoms with van der Waals surface area (Å²) >= 11 is 0. The summed E-state index contributed by atoms with van der Waals surface area (Å²) in [5.74, 6) is 0. The van der Waals surface area contributed by atoms with Crippen LogP contribution in [0.4, 0.5) is 5.69 Å². The average molecular weight is 407 g/mol. The molecule has 0 bridgehead atoms. The van der Waals surface area contributed by atoms with Gasteiger partial charge in [0.25, 0.3) is 0 Å². The minimum atomic E-state index is -3.13. The van der Waals surface area contributed by atoms with Gasteiger partial charge in [0, 0.05) is 42.6 Å². The Bertz CT molecular complexity index is 1180. The first kappa shape index (κ1) is 19.4. The van der Waals surface area contributed by atoms with E-state index in [-0.39, 0.29) is 6.04 Å². The number of hydrogen-bond donors (Lipinski definition) is 1. The summed E-state index contributed by atoms with van der Waals surface area (Å²) in [6, 6.07) is 16.1. The number of pyridine rings is 1. The first-order chi connectivity index (χ1) is 13.9. The molecule has 7 heteroatoms. The molecule has 0 atom stereocenters. The maximum atomic E-state index is 11.8. The molecule has 1 aliphatic rings. The smallest absolute Gasteiger partial charge is 0.211 e. The first-order valence-electron chi connectivity index (χ1n) is 9.54. The van der Waals surface area contributed by atoms with E-state index in [4.69, 9.17) is 5.26 Å². The van der Waals surface area contributed by atoms with Gasteiger partial charge in [0.05, 0.1) is 17.9 Å². The van der Waals surface area contributed by atoms with Crippen molar-refractivity contribution in [1.29, 1.82) is 5.26 Å². The molecule has 6 nitrogen and oxygen atoms in total. The van der Waals surface area contributed by atoms with Crippen molar-refractivity contribution in [3.05, 3.63) is 60.4 Å². The van der Waals surface area contributed by atoms with E-state index < -0.39 is 10.0 Å². The first-order valence-corrected chi connectivity index (χ1v) is 11.4. The lowest BCUT2D eigenvalue weighted by atomic mass is 9.98. The predicted octanol–water partition coefficient (Wildman–Crippen LogP) is 3.61. The SMILES string of the molecule is CS(=O)(=O)N1CCC(Nc2cc(-c3ccc(C#N)cc3)cc3ccncc23)CC1. The third-order valence-electron chi connectivity index (χ3n) is 5.39. The second-order valence-electron chi connectivity index (χ2n) is 7.39. The summed E-state index contributed by atoms with van der Waals surface area (Å²) in [5.41, 5.74) is 3.73. The van der Waals surface area contributed by atoms with Gasteiger partial charge in [-0.1, -0.05) is 12.1 Å². The Labute approximate surface area is 170 Å². The van der Waals surface area contributed by atoms with Crippen LogP contribution in [0.2, 0.25) is 0 Å². The van der Waals surface area contributed by atoms with Crippen LogP contribution in [0, 0.1) is 11.3 Å². The highest BCUT2D eigenvalue weighted by molar-refractivity contribution is 7.88. The molecule has 1 fully saturated rings. The van der Waals surface area contributed by atoms with Gasteiger partial charge in [-0.25, -0.2) is 12.7 Å². The van der Waals surface area contributed by atoms with Crippen molar-refractivity contribution >= 4 is 26.5 Å². The van der Waals surface area contributed by atoms with Crippen LogP contribution in [0.5, 0.6) is 0 Å². The number of nitrogens with one attached hydrogen (secondary N) is 1. The third-order valence-corrected chi connectivity index (χ3v) is 6.69. The summed E-state index contributed by atoms with van der Waals surface area (Å²) in [7, 11) is -3.13. The molecule has 0 saturated carbocycles. The number of aromatic nitrogens is 1. The second-order valence-corrected chi connectivity index (χ2v) is 9.37. The minimum Gasteiger partial charge on any atom is -0.382 e. The molecule has 0 unspecified atom stereocenters. The fourth-order valence-corrected chi connectivity index (χ4v) is 4.65. The third kappa shape index (κ3) is 4.24. The van der Waals surface area contributed by atoms with Crippen LogP contribution in [0.1, 0.15) is 18.4 Å².